The Hall–Kier alpha value is -0.280. The summed E-state index contributed by atoms with van der Waals surface area (Å²) in [6.07, 6.45) is 3.50. The fraction of sp³-hybridized carbons (Fsp3) is 0.538. The lowest BCUT2D eigenvalue weighted by atomic mass is 10.0. The number of likely N-dealkylation sites (tertiary alicyclic amines) is 1. The van der Waals surface area contributed by atoms with Gasteiger partial charge in [0, 0.05) is 6.04 Å². The van der Waals surface area contributed by atoms with Gasteiger partial charge in [-0.15, -0.1) is 0 Å². The lowest BCUT2D eigenvalue weighted by Crippen LogP contribution is -2.26. The Morgan fingerprint density at radius 2 is 2.12 bits per heavy atom. The third-order valence-corrected chi connectivity index (χ3v) is 4.08. The van der Waals surface area contributed by atoms with E-state index in [1.54, 1.807) is 0 Å². The van der Waals surface area contributed by atoms with Crippen molar-refractivity contribution in [3.63, 3.8) is 0 Å². The highest BCUT2D eigenvalue weighted by Gasteiger charge is 2.25. The average Bonchev–Trinajstić information content (AvgIpc) is 2.78. The molecule has 0 radical (unpaired) electrons. The minimum atomic E-state index is 0.483. The first kappa shape index (κ1) is 13.2. The fourth-order valence-corrected chi connectivity index (χ4v) is 2.79. The van der Waals surface area contributed by atoms with Crippen molar-refractivity contribution < 1.29 is 0 Å². The van der Waals surface area contributed by atoms with Gasteiger partial charge in [-0.1, -0.05) is 29.3 Å². The molecule has 0 spiro atoms. The zero-order valence-corrected chi connectivity index (χ0v) is 11.3. The van der Waals surface area contributed by atoms with Gasteiger partial charge in [0.05, 0.1) is 10.0 Å². The van der Waals surface area contributed by atoms with Gasteiger partial charge in [-0.2, -0.15) is 0 Å². The van der Waals surface area contributed by atoms with Gasteiger partial charge >= 0.3 is 0 Å². The minimum absolute atomic E-state index is 0.483. The molecule has 1 aromatic rings. The Morgan fingerprint density at radius 3 is 2.82 bits per heavy atom. The molecule has 2 N–H and O–H groups in total. The van der Waals surface area contributed by atoms with Crippen LogP contribution < -0.4 is 5.73 Å². The molecule has 2 rings (SSSR count). The summed E-state index contributed by atoms with van der Waals surface area (Å²) in [5, 5.41) is 1.27. The number of benzene rings is 1. The average molecular weight is 273 g/mol. The van der Waals surface area contributed by atoms with Crippen LogP contribution in [0, 0.1) is 0 Å². The second-order valence-electron chi connectivity index (χ2n) is 4.51. The SMILES string of the molecule is NCCCN1CCCC1c1ccc(Cl)c(Cl)c1. The number of hydrogen-bond donors (Lipinski definition) is 1. The highest BCUT2D eigenvalue weighted by atomic mass is 35.5. The van der Waals surface area contributed by atoms with E-state index in [9.17, 15) is 0 Å². The van der Waals surface area contributed by atoms with Gasteiger partial charge in [-0.3, -0.25) is 4.90 Å². The molecule has 1 heterocycles. The summed E-state index contributed by atoms with van der Waals surface area (Å²) >= 11 is 12.0. The first-order chi connectivity index (χ1) is 8.22. The van der Waals surface area contributed by atoms with E-state index < -0.39 is 0 Å². The van der Waals surface area contributed by atoms with Crippen molar-refractivity contribution in [3.8, 4) is 0 Å². The van der Waals surface area contributed by atoms with Crippen LogP contribution in [0.4, 0.5) is 0 Å². The monoisotopic (exact) mass is 272 g/mol. The molecular weight excluding hydrogens is 255 g/mol. The van der Waals surface area contributed by atoms with E-state index in [4.69, 9.17) is 28.9 Å². The number of nitrogens with zero attached hydrogens (tertiary/aromatic N) is 1. The van der Waals surface area contributed by atoms with Crippen LogP contribution in [0.3, 0.4) is 0 Å². The molecule has 17 heavy (non-hydrogen) atoms. The highest BCUT2D eigenvalue weighted by molar-refractivity contribution is 6.42. The van der Waals surface area contributed by atoms with Crippen LogP contribution in [0.15, 0.2) is 18.2 Å². The number of halogens is 2. The van der Waals surface area contributed by atoms with Crippen LogP contribution in [0.1, 0.15) is 30.9 Å². The Morgan fingerprint density at radius 1 is 1.29 bits per heavy atom. The van der Waals surface area contributed by atoms with Crippen molar-refractivity contribution in [2.45, 2.75) is 25.3 Å². The van der Waals surface area contributed by atoms with Gasteiger partial charge in [0.1, 0.15) is 0 Å². The summed E-state index contributed by atoms with van der Waals surface area (Å²) < 4.78 is 0. The molecule has 0 saturated carbocycles. The van der Waals surface area contributed by atoms with E-state index >= 15 is 0 Å². The molecule has 1 fully saturated rings. The Bertz CT molecular complexity index is 382. The first-order valence-electron chi connectivity index (χ1n) is 6.11. The highest BCUT2D eigenvalue weighted by Crippen LogP contribution is 2.34. The zero-order valence-electron chi connectivity index (χ0n) is 9.83. The van der Waals surface area contributed by atoms with Crippen molar-refractivity contribution >= 4 is 23.2 Å². The van der Waals surface area contributed by atoms with Gasteiger partial charge in [0.25, 0.3) is 0 Å². The third kappa shape index (κ3) is 3.14. The van der Waals surface area contributed by atoms with E-state index in [-0.39, 0.29) is 0 Å². The van der Waals surface area contributed by atoms with Crippen molar-refractivity contribution in [1.29, 1.82) is 0 Å². The number of rotatable bonds is 4. The van der Waals surface area contributed by atoms with Gasteiger partial charge < -0.3 is 5.73 Å². The van der Waals surface area contributed by atoms with E-state index in [1.165, 1.54) is 18.4 Å². The topological polar surface area (TPSA) is 29.3 Å². The van der Waals surface area contributed by atoms with E-state index in [1.807, 2.05) is 12.1 Å². The molecule has 2 nitrogen and oxygen atoms in total. The van der Waals surface area contributed by atoms with Crippen LogP contribution in [0.5, 0.6) is 0 Å². The van der Waals surface area contributed by atoms with Crippen LogP contribution in [-0.2, 0) is 0 Å². The van der Waals surface area contributed by atoms with E-state index in [2.05, 4.69) is 11.0 Å². The fourth-order valence-electron chi connectivity index (χ4n) is 2.49. The Kier molecular flexibility index (Phi) is 4.69. The third-order valence-electron chi connectivity index (χ3n) is 3.34. The predicted octanol–water partition coefficient (Wildman–Crippen LogP) is 3.48. The quantitative estimate of drug-likeness (QED) is 0.910. The molecule has 94 valence electrons. The molecule has 4 heteroatoms. The Balaban J connectivity index is 2.11. The van der Waals surface area contributed by atoms with Crippen LogP contribution >= 0.6 is 23.2 Å². The lowest BCUT2D eigenvalue weighted by molar-refractivity contribution is 0.255. The summed E-state index contributed by atoms with van der Waals surface area (Å²) in [4.78, 5) is 2.49. The number of nitrogens with two attached hydrogens (primary N) is 1. The smallest absolute Gasteiger partial charge is 0.0595 e. The van der Waals surface area contributed by atoms with Crippen molar-refractivity contribution in [2.75, 3.05) is 19.6 Å². The second-order valence-corrected chi connectivity index (χ2v) is 5.32. The molecule has 1 unspecified atom stereocenters. The maximum Gasteiger partial charge on any atom is 0.0595 e. The minimum Gasteiger partial charge on any atom is -0.330 e. The van der Waals surface area contributed by atoms with Gasteiger partial charge in [-0.05, 0) is 56.6 Å². The first-order valence-corrected chi connectivity index (χ1v) is 6.87. The summed E-state index contributed by atoms with van der Waals surface area (Å²) in [6.45, 7) is 2.98. The normalized spacial score (nSPS) is 21.0. The van der Waals surface area contributed by atoms with E-state index in [0.717, 1.165) is 26.1 Å². The molecule has 1 saturated heterocycles. The van der Waals surface area contributed by atoms with Gasteiger partial charge in [0.15, 0.2) is 0 Å². The summed E-state index contributed by atoms with van der Waals surface area (Å²) in [7, 11) is 0. The van der Waals surface area contributed by atoms with Crippen LogP contribution in [0.2, 0.25) is 10.0 Å². The molecular formula is C13H18Cl2N2. The van der Waals surface area contributed by atoms with E-state index in [0.29, 0.717) is 16.1 Å². The standard InChI is InChI=1S/C13H18Cl2N2/c14-11-5-4-10(9-12(11)15)13-3-1-7-17(13)8-2-6-16/h4-5,9,13H,1-3,6-8,16H2. The molecule has 1 aromatic carbocycles. The molecule has 1 aliphatic heterocycles. The van der Waals surface area contributed by atoms with Gasteiger partial charge in [0.2, 0.25) is 0 Å². The van der Waals surface area contributed by atoms with Crippen molar-refractivity contribution in [3.05, 3.63) is 33.8 Å². The molecule has 0 aromatic heterocycles. The maximum absolute atomic E-state index is 6.07. The van der Waals surface area contributed by atoms with Crippen molar-refractivity contribution in [1.82, 2.24) is 4.90 Å². The Labute approximate surface area is 113 Å². The van der Waals surface area contributed by atoms with Crippen LogP contribution in [0.25, 0.3) is 0 Å². The molecule has 0 bridgehead atoms. The van der Waals surface area contributed by atoms with Gasteiger partial charge in [-0.25, -0.2) is 0 Å². The summed E-state index contributed by atoms with van der Waals surface area (Å²) in [5.41, 5.74) is 6.84. The predicted molar refractivity (Wildman–Crippen MR) is 73.7 cm³/mol. The molecule has 1 aliphatic rings. The summed E-state index contributed by atoms with van der Waals surface area (Å²) in [5.74, 6) is 0. The molecule has 0 amide bonds. The number of hydrogen-bond acceptors (Lipinski definition) is 2. The van der Waals surface area contributed by atoms with Crippen molar-refractivity contribution in [2.24, 2.45) is 5.73 Å². The largest absolute Gasteiger partial charge is 0.330 e. The molecule has 1 atom stereocenters. The zero-order chi connectivity index (χ0) is 12.3. The summed E-state index contributed by atoms with van der Waals surface area (Å²) in [6, 6.07) is 6.45. The second kappa shape index (κ2) is 6.05. The lowest BCUT2D eigenvalue weighted by Gasteiger charge is -2.24. The molecule has 0 aliphatic carbocycles. The van der Waals surface area contributed by atoms with Crippen LogP contribution in [-0.4, -0.2) is 24.5 Å². The maximum atomic E-state index is 6.07.